The summed E-state index contributed by atoms with van der Waals surface area (Å²) in [6.45, 7) is 2.31. The molecule has 0 spiro atoms. The molecule has 162 valence electrons. The number of hydrogen-bond acceptors (Lipinski definition) is 8. The van der Waals surface area contributed by atoms with Crippen molar-refractivity contribution >= 4 is 34.5 Å². The average Bonchev–Trinajstić information content (AvgIpc) is 3.15. The van der Waals surface area contributed by atoms with Crippen LogP contribution in [0.4, 0.5) is 17.5 Å². The van der Waals surface area contributed by atoms with E-state index >= 15 is 0 Å². The van der Waals surface area contributed by atoms with Crippen molar-refractivity contribution in [3.05, 3.63) is 71.3 Å². The maximum atomic E-state index is 12.8. The molecule has 32 heavy (non-hydrogen) atoms. The topological polar surface area (TPSA) is 109 Å². The summed E-state index contributed by atoms with van der Waals surface area (Å²) in [5.74, 6) is 1.43. The lowest BCUT2D eigenvalue weighted by molar-refractivity contribution is -0.132. The maximum absolute atomic E-state index is 12.8. The van der Waals surface area contributed by atoms with Gasteiger partial charge >= 0.3 is 5.76 Å². The van der Waals surface area contributed by atoms with Gasteiger partial charge in [-0.05, 0) is 36.4 Å². The van der Waals surface area contributed by atoms with Gasteiger partial charge in [-0.3, -0.25) is 9.36 Å². The fraction of sp³-hybridized carbons (Fsp3) is 0.227. The number of nitrogens with one attached hydrogen (secondary N) is 1. The Morgan fingerprint density at radius 3 is 2.50 bits per heavy atom. The molecule has 0 unspecified atom stereocenters. The number of piperazine rings is 1. The predicted molar refractivity (Wildman–Crippen MR) is 119 cm³/mol. The first-order chi connectivity index (χ1) is 15.7. The van der Waals surface area contributed by atoms with Gasteiger partial charge in [-0.25, -0.2) is 9.78 Å². The summed E-state index contributed by atoms with van der Waals surface area (Å²) in [5.41, 5.74) is 1.11. The Morgan fingerprint density at radius 1 is 0.938 bits per heavy atom. The number of anilines is 3. The van der Waals surface area contributed by atoms with Gasteiger partial charge in [-0.15, -0.1) is 10.2 Å². The molecule has 5 rings (SSSR count). The molecule has 1 saturated heterocycles. The van der Waals surface area contributed by atoms with E-state index in [4.69, 9.17) is 4.42 Å². The first-order valence-corrected chi connectivity index (χ1v) is 10.3. The fourth-order valence-electron chi connectivity index (χ4n) is 3.71. The molecule has 4 aromatic rings. The maximum Gasteiger partial charge on any atom is 0.420 e. The lowest BCUT2D eigenvalue weighted by Crippen LogP contribution is -2.50. The summed E-state index contributed by atoms with van der Waals surface area (Å²) in [6.07, 6.45) is 1.70. The Morgan fingerprint density at radius 2 is 1.75 bits per heavy atom. The standard InChI is InChI=1S/C22H21N7O3/c30-21(15-29-16-5-1-2-6-17(16)32-22(29)31)28-13-11-27(12-14-28)20-9-8-19(25-26-20)24-18-7-3-4-10-23-18/h1-10H,11-15H2,(H,23,24,25). The number of para-hydroxylation sites is 2. The number of benzene rings is 1. The summed E-state index contributed by atoms with van der Waals surface area (Å²) in [6, 6.07) is 16.4. The number of oxazole rings is 1. The monoisotopic (exact) mass is 431 g/mol. The highest BCUT2D eigenvalue weighted by atomic mass is 16.4. The lowest BCUT2D eigenvalue weighted by Gasteiger charge is -2.35. The fourth-order valence-corrected chi connectivity index (χ4v) is 3.71. The van der Waals surface area contributed by atoms with E-state index in [1.165, 1.54) is 4.57 Å². The summed E-state index contributed by atoms with van der Waals surface area (Å²) < 4.78 is 6.59. The van der Waals surface area contributed by atoms with Gasteiger partial charge in [0.2, 0.25) is 5.91 Å². The smallest absolute Gasteiger partial charge is 0.408 e. The summed E-state index contributed by atoms with van der Waals surface area (Å²) in [4.78, 5) is 33.0. The van der Waals surface area contributed by atoms with Gasteiger partial charge in [0, 0.05) is 32.4 Å². The number of amides is 1. The zero-order valence-corrected chi connectivity index (χ0v) is 17.2. The molecule has 4 heterocycles. The second-order valence-corrected chi connectivity index (χ2v) is 7.41. The third-order valence-corrected chi connectivity index (χ3v) is 5.39. The second kappa shape index (κ2) is 8.50. The minimum Gasteiger partial charge on any atom is -0.408 e. The second-order valence-electron chi connectivity index (χ2n) is 7.41. The molecule has 0 radical (unpaired) electrons. The summed E-state index contributed by atoms with van der Waals surface area (Å²) in [7, 11) is 0. The number of pyridine rings is 1. The molecule has 1 aromatic carbocycles. The van der Waals surface area contributed by atoms with E-state index in [9.17, 15) is 9.59 Å². The molecule has 1 fully saturated rings. The number of nitrogens with zero attached hydrogens (tertiary/aromatic N) is 6. The van der Waals surface area contributed by atoms with Crippen LogP contribution < -0.4 is 16.0 Å². The van der Waals surface area contributed by atoms with Gasteiger partial charge in [0.1, 0.15) is 12.4 Å². The summed E-state index contributed by atoms with van der Waals surface area (Å²) >= 11 is 0. The van der Waals surface area contributed by atoms with Gasteiger partial charge in [-0.1, -0.05) is 18.2 Å². The zero-order chi connectivity index (χ0) is 21.9. The van der Waals surface area contributed by atoms with Crippen LogP contribution in [0.3, 0.4) is 0 Å². The van der Waals surface area contributed by atoms with E-state index < -0.39 is 5.76 Å². The van der Waals surface area contributed by atoms with Crippen molar-refractivity contribution in [3.63, 3.8) is 0 Å². The highest BCUT2D eigenvalue weighted by Crippen LogP contribution is 2.17. The van der Waals surface area contributed by atoms with Crippen LogP contribution >= 0.6 is 0 Å². The van der Waals surface area contributed by atoms with E-state index in [0.717, 1.165) is 5.82 Å². The number of carbonyl (C=O) groups is 1. The predicted octanol–water partition coefficient (Wildman–Crippen LogP) is 1.87. The number of aromatic nitrogens is 4. The Bertz CT molecular complexity index is 1280. The van der Waals surface area contributed by atoms with Gasteiger partial charge in [-0.2, -0.15) is 0 Å². The molecule has 1 N–H and O–H groups in total. The Hall–Kier alpha value is -4.21. The Labute approximate surface area is 183 Å². The van der Waals surface area contributed by atoms with Crippen LogP contribution in [0.1, 0.15) is 0 Å². The minimum atomic E-state index is -0.520. The highest BCUT2D eigenvalue weighted by molar-refractivity contribution is 5.79. The SMILES string of the molecule is O=C(Cn1c(=O)oc2ccccc21)N1CCN(c2ccc(Nc3ccccn3)nn2)CC1. The van der Waals surface area contributed by atoms with Crippen LogP contribution in [0.5, 0.6) is 0 Å². The molecule has 3 aromatic heterocycles. The van der Waals surface area contributed by atoms with Crippen molar-refractivity contribution < 1.29 is 9.21 Å². The van der Waals surface area contributed by atoms with Crippen molar-refractivity contribution in [3.8, 4) is 0 Å². The minimum absolute atomic E-state index is 0.0382. The van der Waals surface area contributed by atoms with E-state index in [0.29, 0.717) is 48.9 Å². The van der Waals surface area contributed by atoms with Crippen LogP contribution in [-0.4, -0.2) is 56.7 Å². The molecule has 10 nitrogen and oxygen atoms in total. The summed E-state index contributed by atoms with van der Waals surface area (Å²) in [5, 5.41) is 11.6. The van der Waals surface area contributed by atoms with Crippen LogP contribution in [0.25, 0.3) is 11.1 Å². The van der Waals surface area contributed by atoms with Crippen LogP contribution in [0, 0.1) is 0 Å². The average molecular weight is 431 g/mol. The molecule has 0 saturated carbocycles. The van der Waals surface area contributed by atoms with Crippen molar-refractivity contribution in [2.75, 3.05) is 36.4 Å². The Balaban J connectivity index is 1.19. The number of hydrogen-bond donors (Lipinski definition) is 1. The zero-order valence-electron chi connectivity index (χ0n) is 17.2. The van der Waals surface area contributed by atoms with E-state index in [2.05, 4.69) is 25.4 Å². The Kier molecular flexibility index (Phi) is 5.24. The van der Waals surface area contributed by atoms with Gasteiger partial charge < -0.3 is 19.5 Å². The van der Waals surface area contributed by atoms with Gasteiger partial charge in [0.15, 0.2) is 17.2 Å². The van der Waals surface area contributed by atoms with E-state index in [1.54, 1.807) is 29.3 Å². The molecule has 0 atom stereocenters. The quantitative estimate of drug-likeness (QED) is 0.510. The molecular weight excluding hydrogens is 410 g/mol. The number of fused-ring (bicyclic) bond motifs is 1. The highest BCUT2D eigenvalue weighted by Gasteiger charge is 2.23. The molecular formula is C22H21N7O3. The first kappa shape index (κ1) is 19.7. The van der Waals surface area contributed by atoms with E-state index in [-0.39, 0.29) is 12.5 Å². The van der Waals surface area contributed by atoms with Gasteiger partial charge in [0.05, 0.1) is 5.52 Å². The number of rotatable bonds is 5. The third kappa shape index (κ3) is 4.02. The third-order valence-electron chi connectivity index (χ3n) is 5.39. The van der Waals surface area contributed by atoms with Gasteiger partial charge in [0.25, 0.3) is 0 Å². The largest absolute Gasteiger partial charge is 0.420 e. The van der Waals surface area contributed by atoms with Crippen molar-refractivity contribution in [2.24, 2.45) is 0 Å². The molecule has 0 bridgehead atoms. The molecule has 1 aliphatic rings. The van der Waals surface area contributed by atoms with E-state index in [1.807, 2.05) is 36.4 Å². The van der Waals surface area contributed by atoms with Crippen LogP contribution in [-0.2, 0) is 11.3 Å². The normalized spacial score (nSPS) is 14.0. The molecule has 10 heteroatoms. The van der Waals surface area contributed by atoms with Crippen LogP contribution in [0.2, 0.25) is 0 Å². The van der Waals surface area contributed by atoms with Crippen molar-refractivity contribution in [2.45, 2.75) is 6.54 Å². The first-order valence-electron chi connectivity index (χ1n) is 10.3. The van der Waals surface area contributed by atoms with Crippen molar-refractivity contribution in [1.29, 1.82) is 0 Å². The van der Waals surface area contributed by atoms with Crippen molar-refractivity contribution in [1.82, 2.24) is 24.6 Å². The molecule has 1 aliphatic heterocycles. The van der Waals surface area contributed by atoms with Crippen LogP contribution in [0.15, 0.2) is 70.0 Å². The number of carbonyl (C=O) groups excluding carboxylic acids is 1. The molecule has 0 aliphatic carbocycles. The molecule has 1 amide bonds. The lowest BCUT2D eigenvalue weighted by atomic mass is 10.3.